The van der Waals surface area contributed by atoms with E-state index in [4.69, 9.17) is 14.2 Å². The molecule has 0 unspecified atom stereocenters. The van der Waals surface area contributed by atoms with Crippen molar-refractivity contribution < 1.29 is 38.1 Å². The molecule has 13 heteroatoms. The first-order valence-corrected chi connectivity index (χ1v) is 14.5. The molecule has 0 saturated carbocycles. The first-order valence-electron chi connectivity index (χ1n) is 14.5. The van der Waals surface area contributed by atoms with Crippen LogP contribution in [0.25, 0.3) is 0 Å². The third kappa shape index (κ3) is 7.73. The van der Waals surface area contributed by atoms with Crippen LogP contribution in [0.2, 0.25) is 0 Å². The quantitative estimate of drug-likeness (QED) is 0.304. The first kappa shape index (κ1) is 31.4. The van der Waals surface area contributed by atoms with Crippen molar-refractivity contribution in [2.75, 3.05) is 49.5 Å². The van der Waals surface area contributed by atoms with Gasteiger partial charge in [-0.3, -0.25) is 4.79 Å². The Morgan fingerprint density at radius 3 is 2.33 bits per heavy atom. The fourth-order valence-electron chi connectivity index (χ4n) is 5.10. The lowest BCUT2D eigenvalue weighted by atomic mass is 10.0. The van der Waals surface area contributed by atoms with Crippen LogP contribution in [0.5, 0.6) is 17.2 Å². The van der Waals surface area contributed by atoms with Gasteiger partial charge in [0.05, 0.1) is 25.6 Å². The Labute approximate surface area is 260 Å². The van der Waals surface area contributed by atoms with Crippen LogP contribution in [0, 0.1) is 11.7 Å². The molecular weight excluding hydrogens is 585 g/mol. The normalized spacial score (nSPS) is 18.0. The molecule has 2 aliphatic heterocycles. The molecule has 3 aromatic rings. The number of nitrogens with one attached hydrogen (secondary N) is 3. The number of carbonyl (C=O) groups excluding carboxylic acids is 3. The summed E-state index contributed by atoms with van der Waals surface area (Å²) >= 11 is 0. The van der Waals surface area contributed by atoms with Gasteiger partial charge in [-0.1, -0.05) is 6.92 Å². The Hall–Kier alpha value is -5.04. The number of fused-ring (bicyclic) bond motifs is 2. The molecule has 0 radical (unpaired) electrons. The molecule has 2 heterocycles. The van der Waals surface area contributed by atoms with Crippen molar-refractivity contribution in [3.05, 3.63) is 72.0 Å². The minimum absolute atomic E-state index is 0.0285. The van der Waals surface area contributed by atoms with Gasteiger partial charge in [0.15, 0.2) is 11.5 Å². The topological polar surface area (TPSA) is 142 Å². The number of nitrogens with zero attached hydrogens (tertiary/aromatic N) is 2. The zero-order valence-electron chi connectivity index (χ0n) is 25.2. The minimum atomic E-state index is -0.542. The molecule has 0 aliphatic carbocycles. The van der Waals surface area contributed by atoms with Gasteiger partial charge in [0.1, 0.15) is 17.7 Å². The SMILES string of the molecule is C[C@@H]1CN([C@@H](C)CO)C(=O)Cc2cc(NC(=O)Nc3ccc4c(c3)OCO4)ccc2O[C@@H]1CN(C)C(=O)Nc1ccc(F)cc1. The predicted molar refractivity (Wildman–Crippen MR) is 165 cm³/mol. The number of hydrogen-bond donors (Lipinski definition) is 4. The summed E-state index contributed by atoms with van der Waals surface area (Å²) in [4.78, 5) is 42.3. The summed E-state index contributed by atoms with van der Waals surface area (Å²) in [7, 11) is 1.62. The van der Waals surface area contributed by atoms with E-state index in [1.54, 1.807) is 55.3 Å². The van der Waals surface area contributed by atoms with E-state index in [9.17, 15) is 23.9 Å². The number of rotatable bonds is 7. The Morgan fingerprint density at radius 2 is 1.62 bits per heavy atom. The number of anilines is 3. The van der Waals surface area contributed by atoms with Crippen LogP contribution in [0.3, 0.4) is 0 Å². The van der Waals surface area contributed by atoms with Crippen LogP contribution in [-0.2, 0) is 11.2 Å². The molecule has 3 aromatic carbocycles. The summed E-state index contributed by atoms with van der Waals surface area (Å²) in [6.07, 6.45) is -0.570. The molecule has 0 bridgehead atoms. The lowest BCUT2D eigenvalue weighted by Crippen LogP contribution is -2.48. The minimum Gasteiger partial charge on any atom is -0.488 e. The van der Waals surface area contributed by atoms with E-state index < -0.39 is 30.0 Å². The summed E-state index contributed by atoms with van der Waals surface area (Å²) in [6, 6.07) is 14.2. The third-order valence-electron chi connectivity index (χ3n) is 7.70. The van der Waals surface area contributed by atoms with Crippen molar-refractivity contribution in [1.29, 1.82) is 0 Å². The van der Waals surface area contributed by atoms with Crippen molar-refractivity contribution in [2.24, 2.45) is 5.92 Å². The molecule has 0 aromatic heterocycles. The van der Waals surface area contributed by atoms with E-state index >= 15 is 0 Å². The van der Waals surface area contributed by atoms with Crippen molar-refractivity contribution in [3.63, 3.8) is 0 Å². The van der Waals surface area contributed by atoms with Crippen molar-refractivity contribution in [2.45, 2.75) is 32.4 Å². The van der Waals surface area contributed by atoms with Gasteiger partial charge < -0.3 is 45.1 Å². The summed E-state index contributed by atoms with van der Waals surface area (Å²) in [6.45, 7) is 4.03. The highest BCUT2D eigenvalue weighted by Gasteiger charge is 2.32. The second-order valence-electron chi connectivity index (χ2n) is 11.2. The molecular formula is C32H36FN5O7. The maximum absolute atomic E-state index is 13.5. The number of carbonyl (C=O) groups is 3. The number of aliphatic hydroxyl groups excluding tert-OH is 1. The smallest absolute Gasteiger partial charge is 0.323 e. The summed E-state index contributed by atoms with van der Waals surface area (Å²) < 4.78 is 30.4. The second-order valence-corrected chi connectivity index (χ2v) is 11.2. The van der Waals surface area contributed by atoms with Gasteiger partial charge in [0.2, 0.25) is 12.7 Å². The Bertz CT molecular complexity index is 1550. The number of ether oxygens (including phenoxy) is 3. The number of aliphatic hydroxyl groups is 1. The Balaban J connectivity index is 1.33. The summed E-state index contributed by atoms with van der Waals surface area (Å²) in [5.74, 6) is 0.712. The molecule has 5 amide bonds. The highest BCUT2D eigenvalue weighted by atomic mass is 19.1. The van der Waals surface area contributed by atoms with Gasteiger partial charge >= 0.3 is 12.1 Å². The van der Waals surface area contributed by atoms with Crippen LogP contribution in [0.4, 0.5) is 31.0 Å². The molecule has 12 nitrogen and oxygen atoms in total. The van der Waals surface area contributed by atoms with E-state index in [0.717, 1.165) is 0 Å². The zero-order valence-corrected chi connectivity index (χ0v) is 25.2. The average Bonchev–Trinajstić information content (AvgIpc) is 3.49. The average molecular weight is 622 g/mol. The molecule has 0 spiro atoms. The van der Waals surface area contributed by atoms with Crippen LogP contribution >= 0.6 is 0 Å². The number of urea groups is 2. The number of halogens is 1. The van der Waals surface area contributed by atoms with Gasteiger partial charge in [0, 0.05) is 48.2 Å². The highest BCUT2D eigenvalue weighted by molar-refractivity contribution is 6.00. The van der Waals surface area contributed by atoms with Crippen LogP contribution in [0.1, 0.15) is 19.4 Å². The third-order valence-corrected chi connectivity index (χ3v) is 7.70. The molecule has 5 rings (SSSR count). The van der Waals surface area contributed by atoms with E-state index in [0.29, 0.717) is 39.9 Å². The van der Waals surface area contributed by atoms with E-state index in [-0.39, 0.29) is 44.7 Å². The Kier molecular flexibility index (Phi) is 9.57. The first-order chi connectivity index (χ1) is 21.6. The van der Waals surface area contributed by atoms with Crippen LogP contribution in [0.15, 0.2) is 60.7 Å². The monoisotopic (exact) mass is 621 g/mol. The second kappa shape index (κ2) is 13.7. The molecule has 238 valence electrons. The summed E-state index contributed by atoms with van der Waals surface area (Å²) in [5.41, 5.74) is 1.92. The fraction of sp³-hybridized carbons (Fsp3) is 0.344. The molecule has 4 N–H and O–H groups in total. The molecule has 0 fully saturated rings. The molecule has 3 atom stereocenters. The van der Waals surface area contributed by atoms with Crippen LogP contribution < -0.4 is 30.2 Å². The van der Waals surface area contributed by atoms with Crippen molar-refractivity contribution in [1.82, 2.24) is 9.80 Å². The lowest BCUT2D eigenvalue weighted by Gasteiger charge is -2.34. The lowest BCUT2D eigenvalue weighted by molar-refractivity contribution is -0.134. The number of benzene rings is 3. The number of hydrogen-bond acceptors (Lipinski definition) is 7. The Morgan fingerprint density at radius 1 is 0.978 bits per heavy atom. The maximum atomic E-state index is 13.5. The predicted octanol–water partition coefficient (Wildman–Crippen LogP) is 4.51. The van der Waals surface area contributed by atoms with Crippen molar-refractivity contribution in [3.8, 4) is 17.2 Å². The van der Waals surface area contributed by atoms with Gasteiger partial charge in [-0.15, -0.1) is 0 Å². The zero-order chi connectivity index (χ0) is 32.1. The standard InChI is InChI=1S/C32H36FN5O7/c1-19-15-38(20(2)17-39)30(40)13-21-12-24(34-31(41)35-25-9-11-27-28(14-25)44-18-43-27)8-10-26(21)45-29(19)16-37(3)32(42)36-23-6-4-22(33)5-7-23/h4-12,14,19-20,29,39H,13,15-18H2,1-3H3,(H,36,42)(H2,34,35,41)/t19-,20+,29-/m1/s1. The van der Waals surface area contributed by atoms with E-state index in [1.807, 2.05) is 6.92 Å². The molecule has 0 saturated heterocycles. The van der Waals surface area contributed by atoms with Gasteiger partial charge in [0.25, 0.3) is 0 Å². The van der Waals surface area contributed by atoms with E-state index in [1.165, 1.54) is 29.2 Å². The van der Waals surface area contributed by atoms with Crippen molar-refractivity contribution >= 4 is 35.0 Å². The number of likely N-dealkylation sites (N-methyl/N-ethyl adjacent to an activating group) is 1. The van der Waals surface area contributed by atoms with Gasteiger partial charge in [-0.2, -0.15) is 0 Å². The van der Waals surface area contributed by atoms with Crippen LogP contribution in [-0.4, -0.2) is 78.6 Å². The highest BCUT2D eigenvalue weighted by Crippen LogP contribution is 2.34. The fourth-order valence-corrected chi connectivity index (χ4v) is 5.10. The number of amides is 5. The molecule has 2 aliphatic rings. The van der Waals surface area contributed by atoms with Gasteiger partial charge in [-0.25, -0.2) is 14.0 Å². The van der Waals surface area contributed by atoms with E-state index in [2.05, 4.69) is 16.0 Å². The summed E-state index contributed by atoms with van der Waals surface area (Å²) in [5, 5.41) is 18.2. The largest absolute Gasteiger partial charge is 0.488 e. The maximum Gasteiger partial charge on any atom is 0.323 e. The molecule has 45 heavy (non-hydrogen) atoms. The van der Waals surface area contributed by atoms with Gasteiger partial charge in [-0.05, 0) is 61.5 Å².